The highest BCUT2D eigenvalue weighted by Crippen LogP contribution is 2.27. The van der Waals surface area contributed by atoms with Gasteiger partial charge in [0.25, 0.3) is 5.91 Å². The summed E-state index contributed by atoms with van der Waals surface area (Å²) in [6.07, 6.45) is 0. The average molecular weight is 410 g/mol. The molecule has 4 rings (SSSR count). The van der Waals surface area contributed by atoms with Crippen molar-refractivity contribution in [3.8, 4) is 0 Å². The van der Waals surface area contributed by atoms with E-state index in [2.05, 4.69) is 34.5 Å². The normalized spacial score (nSPS) is 22.9. The largest absolute Gasteiger partial charge is 0.378 e. The van der Waals surface area contributed by atoms with Crippen molar-refractivity contribution in [3.05, 3.63) is 65.7 Å². The van der Waals surface area contributed by atoms with Gasteiger partial charge in [-0.1, -0.05) is 42.5 Å². The fourth-order valence-electron chi connectivity index (χ4n) is 4.13. The molecule has 7 heteroatoms. The predicted octanol–water partition coefficient (Wildman–Crippen LogP) is 0.963. The molecule has 30 heavy (non-hydrogen) atoms. The smallest absolute Gasteiger partial charge is 0.329 e. The maximum atomic E-state index is 13.1. The second-order valence-electron chi connectivity index (χ2n) is 8.21. The monoisotopic (exact) mass is 409 g/mol. The zero-order valence-corrected chi connectivity index (χ0v) is 17.6. The Labute approximate surface area is 177 Å². The lowest BCUT2D eigenvalue weighted by molar-refractivity contribution is -0.901. The van der Waals surface area contributed by atoms with E-state index in [1.807, 2.05) is 37.4 Å². The number of carbonyl (C=O) groups is 2. The standard InChI is InChI=1S/C23H28N4O3/c1-23(19-6-4-3-5-7-19)21(28)27(22(29)24-23)17-25(2)16-18-8-10-20(11-9-18)26-12-14-30-15-13-26/h3-11H,12-17H2,1-2H3,(H,24,29)/p+1/t23-/m0/s1. The molecule has 0 spiro atoms. The van der Waals surface area contributed by atoms with Gasteiger partial charge in [-0.15, -0.1) is 0 Å². The van der Waals surface area contributed by atoms with Gasteiger partial charge in [-0.2, -0.15) is 0 Å². The van der Waals surface area contributed by atoms with Crippen LogP contribution in [0, 0.1) is 0 Å². The number of urea groups is 1. The quantitative estimate of drug-likeness (QED) is 0.698. The van der Waals surface area contributed by atoms with Gasteiger partial charge in [-0.25, -0.2) is 9.69 Å². The van der Waals surface area contributed by atoms with Crippen molar-refractivity contribution >= 4 is 17.6 Å². The predicted molar refractivity (Wildman–Crippen MR) is 114 cm³/mol. The lowest BCUT2D eigenvalue weighted by Gasteiger charge is -2.29. The lowest BCUT2D eigenvalue weighted by Crippen LogP contribution is -3.09. The van der Waals surface area contributed by atoms with E-state index in [0.717, 1.165) is 43.3 Å². The van der Waals surface area contributed by atoms with Gasteiger partial charge in [-0.3, -0.25) is 4.79 Å². The molecule has 158 valence electrons. The second kappa shape index (κ2) is 8.45. The molecule has 0 radical (unpaired) electrons. The summed E-state index contributed by atoms with van der Waals surface area (Å²) >= 11 is 0. The number of ether oxygens (including phenoxy) is 1. The van der Waals surface area contributed by atoms with Crippen LogP contribution in [0.15, 0.2) is 54.6 Å². The van der Waals surface area contributed by atoms with E-state index in [1.54, 1.807) is 6.92 Å². The fourth-order valence-corrected chi connectivity index (χ4v) is 4.13. The van der Waals surface area contributed by atoms with E-state index < -0.39 is 5.54 Å². The van der Waals surface area contributed by atoms with Gasteiger partial charge in [-0.05, 0) is 24.6 Å². The molecule has 7 nitrogen and oxygen atoms in total. The van der Waals surface area contributed by atoms with Crippen molar-refractivity contribution in [1.82, 2.24) is 10.2 Å². The number of carbonyl (C=O) groups excluding carboxylic acids is 2. The van der Waals surface area contributed by atoms with Crippen LogP contribution in [0.4, 0.5) is 10.5 Å². The number of amides is 3. The number of imide groups is 1. The zero-order valence-electron chi connectivity index (χ0n) is 17.6. The van der Waals surface area contributed by atoms with Gasteiger partial charge in [0, 0.05) is 24.3 Å². The van der Waals surface area contributed by atoms with E-state index >= 15 is 0 Å². The number of anilines is 1. The molecular weight excluding hydrogens is 380 g/mol. The molecule has 1 unspecified atom stereocenters. The maximum absolute atomic E-state index is 13.1. The Bertz CT molecular complexity index is 896. The summed E-state index contributed by atoms with van der Waals surface area (Å²) in [4.78, 5) is 30.3. The van der Waals surface area contributed by atoms with E-state index in [4.69, 9.17) is 4.74 Å². The van der Waals surface area contributed by atoms with Crippen LogP contribution >= 0.6 is 0 Å². The Morgan fingerprint density at radius 1 is 1.03 bits per heavy atom. The molecule has 2 aromatic rings. The van der Waals surface area contributed by atoms with Crippen LogP contribution in [0.5, 0.6) is 0 Å². The van der Waals surface area contributed by atoms with E-state index in [1.165, 1.54) is 16.2 Å². The van der Waals surface area contributed by atoms with Crippen molar-refractivity contribution in [2.45, 2.75) is 19.0 Å². The van der Waals surface area contributed by atoms with Crippen LogP contribution in [0.3, 0.4) is 0 Å². The highest BCUT2D eigenvalue weighted by Gasteiger charge is 2.49. The number of quaternary nitrogens is 1. The molecule has 2 N–H and O–H groups in total. The molecule has 2 heterocycles. The third-order valence-electron chi connectivity index (χ3n) is 5.87. The first-order valence-corrected chi connectivity index (χ1v) is 10.4. The second-order valence-corrected chi connectivity index (χ2v) is 8.21. The van der Waals surface area contributed by atoms with Crippen molar-refractivity contribution < 1.29 is 19.2 Å². The van der Waals surface area contributed by atoms with Gasteiger partial charge in [0.1, 0.15) is 12.1 Å². The van der Waals surface area contributed by atoms with Crippen LogP contribution in [-0.4, -0.2) is 56.9 Å². The number of hydrogen-bond acceptors (Lipinski definition) is 4. The SMILES string of the molecule is C[NH+](Cc1ccc(N2CCOCC2)cc1)CN1C(=O)N[C@@](C)(c2ccccc2)C1=O. The molecule has 2 atom stereocenters. The molecule has 0 saturated carbocycles. The molecule has 0 aromatic heterocycles. The van der Waals surface area contributed by atoms with E-state index in [0.29, 0.717) is 6.67 Å². The van der Waals surface area contributed by atoms with E-state index in [-0.39, 0.29) is 11.9 Å². The van der Waals surface area contributed by atoms with Crippen molar-refractivity contribution in [2.24, 2.45) is 0 Å². The van der Waals surface area contributed by atoms with Crippen LogP contribution in [0.1, 0.15) is 18.1 Å². The topological polar surface area (TPSA) is 66.3 Å². The van der Waals surface area contributed by atoms with Gasteiger partial charge < -0.3 is 19.9 Å². The Morgan fingerprint density at radius 2 is 1.70 bits per heavy atom. The van der Waals surface area contributed by atoms with Crippen LogP contribution in [-0.2, 0) is 21.6 Å². The fraction of sp³-hybridized carbons (Fsp3) is 0.391. The zero-order chi connectivity index (χ0) is 21.1. The third-order valence-corrected chi connectivity index (χ3v) is 5.87. The molecular formula is C23H29N4O3+. The summed E-state index contributed by atoms with van der Waals surface area (Å²) in [6.45, 7) is 6.17. The highest BCUT2D eigenvalue weighted by molar-refractivity contribution is 6.07. The minimum absolute atomic E-state index is 0.208. The van der Waals surface area contributed by atoms with Crippen LogP contribution in [0.25, 0.3) is 0 Å². The molecule has 2 saturated heterocycles. The number of benzene rings is 2. The Hall–Kier alpha value is -2.90. The summed E-state index contributed by atoms with van der Waals surface area (Å²) < 4.78 is 5.41. The number of morpholine rings is 1. The third kappa shape index (κ3) is 4.04. The first kappa shape index (κ1) is 20.4. The van der Waals surface area contributed by atoms with Gasteiger partial charge in [0.2, 0.25) is 0 Å². The van der Waals surface area contributed by atoms with E-state index in [9.17, 15) is 9.59 Å². The van der Waals surface area contributed by atoms with Crippen molar-refractivity contribution in [2.75, 3.05) is 44.9 Å². The highest BCUT2D eigenvalue weighted by atomic mass is 16.5. The summed E-state index contributed by atoms with van der Waals surface area (Å²) in [5.74, 6) is -0.208. The Morgan fingerprint density at radius 3 is 2.37 bits per heavy atom. The number of hydrogen-bond donors (Lipinski definition) is 2. The lowest BCUT2D eigenvalue weighted by atomic mass is 9.92. The number of nitrogens with zero attached hydrogens (tertiary/aromatic N) is 2. The first-order chi connectivity index (χ1) is 14.5. The molecule has 2 aromatic carbocycles. The average Bonchev–Trinajstić information content (AvgIpc) is 2.99. The van der Waals surface area contributed by atoms with Gasteiger partial charge >= 0.3 is 6.03 Å². The molecule has 3 amide bonds. The summed E-state index contributed by atoms with van der Waals surface area (Å²) in [5, 5.41) is 2.87. The Kier molecular flexibility index (Phi) is 5.74. The van der Waals surface area contributed by atoms with Gasteiger partial charge in [0.05, 0.1) is 20.3 Å². The molecule has 0 aliphatic carbocycles. The van der Waals surface area contributed by atoms with Crippen LogP contribution in [0.2, 0.25) is 0 Å². The maximum Gasteiger partial charge on any atom is 0.329 e. The Balaban J connectivity index is 1.38. The minimum Gasteiger partial charge on any atom is -0.378 e. The summed E-state index contributed by atoms with van der Waals surface area (Å²) in [5.41, 5.74) is 2.15. The minimum atomic E-state index is -1.02. The van der Waals surface area contributed by atoms with Crippen LogP contribution < -0.4 is 15.1 Å². The number of rotatable bonds is 6. The molecule has 0 bridgehead atoms. The number of nitrogens with one attached hydrogen (secondary N) is 2. The molecule has 2 fully saturated rings. The molecule has 2 aliphatic heterocycles. The van der Waals surface area contributed by atoms with Crippen molar-refractivity contribution in [3.63, 3.8) is 0 Å². The first-order valence-electron chi connectivity index (χ1n) is 10.4. The summed E-state index contributed by atoms with van der Waals surface area (Å²) in [7, 11) is 1.99. The molecule has 2 aliphatic rings. The van der Waals surface area contributed by atoms with Crippen molar-refractivity contribution in [1.29, 1.82) is 0 Å². The summed E-state index contributed by atoms with van der Waals surface area (Å²) in [6, 6.07) is 17.6. The van der Waals surface area contributed by atoms with Gasteiger partial charge in [0.15, 0.2) is 6.67 Å².